The number of aliphatic hydroxyl groups is 1. The molecule has 0 saturated heterocycles. The Balaban J connectivity index is 2.11. The zero-order valence-corrected chi connectivity index (χ0v) is 13.2. The smallest absolute Gasteiger partial charge is 0.119 e. The molecule has 0 radical (unpaired) electrons. The van der Waals surface area contributed by atoms with Gasteiger partial charge >= 0.3 is 0 Å². The van der Waals surface area contributed by atoms with E-state index in [0.717, 1.165) is 22.0 Å². The average molecular weight is 291 g/mol. The molecule has 0 amide bonds. The zero-order valence-electron chi connectivity index (χ0n) is 12.4. The van der Waals surface area contributed by atoms with Crippen LogP contribution in [0, 0.1) is 0 Å². The van der Waals surface area contributed by atoms with E-state index in [9.17, 15) is 5.11 Å². The molecule has 3 nitrogen and oxygen atoms in total. The fraction of sp³-hybridized carbons (Fsp3) is 0.438. The third-order valence-electron chi connectivity index (χ3n) is 3.07. The van der Waals surface area contributed by atoms with Gasteiger partial charge in [-0.25, -0.2) is 4.98 Å². The average Bonchev–Trinajstić information content (AvgIpc) is 2.88. The molecule has 20 heavy (non-hydrogen) atoms. The highest BCUT2D eigenvalue weighted by Crippen LogP contribution is 2.29. The Morgan fingerprint density at radius 3 is 2.70 bits per heavy atom. The van der Waals surface area contributed by atoms with Crippen LogP contribution in [0.2, 0.25) is 0 Å². The Labute approximate surface area is 124 Å². The minimum atomic E-state index is -0.575. The lowest BCUT2D eigenvalue weighted by Gasteiger charge is -2.14. The summed E-state index contributed by atoms with van der Waals surface area (Å²) in [7, 11) is 1.64. The molecule has 1 heterocycles. The van der Waals surface area contributed by atoms with E-state index in [1.165, 1.54) is 0 Å². The third kappa shape index (κ3) is 3.58. The van der Waals surface area contributed by atoms with Crippen LogP contribution in [0.5, 0.6) is 5.75 Å². The minimum absolute atomic E-state index is 0.0264. The molecule has 2 aromatic rings. The third-order valence-corrected chi connectivity index (χ3v) is 4.35. The highest BCUT2D eigenvalue weighted by Gasteiger charge is 2.20. The fourth-order valence-electron chi connectivity index (χ4n) is 1.91. The van der Waals surface area contributed by atoms with Crippen LogP contribution in [0.1, 0.15) is 43.1 Å². The van der Waals surface area contributed by atoms with Crippen molar-refractivity contribution in [3.05, 3.63) is 45.9 Å². The molecule has 0 aliphatic rings. The second-order valence-corrected chi connectivity index (χ2v) is 6.76. The molecule has 0 aliphatic heterocycles. The van der Waals surface area contributed by atoms with E-state index in [1.807, 2.05) is 29.6 Å². The van der Waals surface area contributed by atoms with E-state index in [4.69, 9.17) is 4.74 Å². The van der Waals surface area contributed by atoms with Gasteiger partial charge in [-0.3, -0.25) is 0 Å². The van der Waals surface area contributed by atoms with Gasteiger partial charge in [0.15, 0.2) is 0 Å². The molecule has 4 heteroatoms. The van der Waals surface area contributed by atoms with Gasteiger partial charge in [-0.05, 0) is 17.7 Å². The number of aromatic nitrogens is 1. The van der Waals surface area contributed by atoms with E-state index in [1.54, 1.807) is 18.4 Å². The minimum Gasteiger partial charge on any atom is -0.497 e. The van der Waals surface area contributed by atoms with Crippen LogP contribution < -0.4 is 4.74 Å². The second-order valence-electron chi connectivity index (χ2n) is 5.90. The van der Waals surface area contributed by atoms with Crippen molar-refractivity contribution in [3.8, 4) is 5.75 Å². The Morgan fingerprint density at radius 2 is 2.10 bits per heavy atom. The van der Waals surface area contributed by atoms with E-state index in [-0.39, 0.29) is 5.41 Å². The first-order chi connectivity index (χ1) is 9.40. The first-order valence-corrected chi connectivity index (χ1v) is 7.55. The number of aliphatic hydroxyl groups excluding tert-OH is 1. The first kappa shape index (κ1) is 15.0. The summed E-state index contributed by atoms with van der Waals surface area (Å²) in [5.41, 5.74) is 1.82. The molecule has 0 aliphatic carbocycles. The Hall–Kier alpha value is -1.39. The number of benzene rings is 1. The van der Waals surface area contributed by atoms with Gasteiger partial charge in [0.25, 0.3) is 0 Å². The van der Waals surface area contributed by atoms with Gasteiger partial charge in [0, 0.05) is 17.2 Å². The molecule has 1 atom stereocenters. The summed E-state index contributed by atoms with van der Waals surface area (Å²) in [5, 5.41) is 13.3. The molecule has 1 unspecified atom stereocenters. The summed E-state index contributed by atoms with van der Waals surface area (Å²) < 4.78 is 5.20. The van der Waals surface area contributed by atoms with Gasteiger partial charge in [0.2, 0.25) is 0 Å². The molecule has 0 fully saturated rings. The summed E-state index contributed by atoms with van der Waals surface area (Å²) in [5.74, 6) is 0.809. The van der Waals surface area contributed by atoms with Crippen LogP contribution in [-0.4, -0.2) is 17.2 Å². The Bertz CT molecular complexity index is 572. The molecule has 108 valence electrons. The van der Waals surface area contributed by atoms with E-state index in [0.29, 0.717) is 6.42 Å². The predicted molar refractivity (Wildman–Crippen MR) is 82.5 cm³/mol. The van der Waals surface area contributed by atoms with Crippen molar-refractivity contribution >= 4 is 11.3 Å². The number of methoxy groups -OCH3 is 1. The first-order valence-electron chi connectivity index (χ1n) is 6.67. The van der Waals surface area contributed by atoms with Gasteiger partial charge in [-0.1, -0.05) is 32.9 Å². The molecule has 1 aromatic carbocycles. The van der Waals surface area contributed by atoms with Crippen molar-refractivity contribution in [3.63, 3.8) is 0 Å². The summed E-state index contributed by atoms with van der Waals surface area (Å²) in [6.45, 7) is 6.39. The molecular formula is C16H21NO2S. The summed E-state index contributed by atoms with van der Waals surface area (Å²) in [4.78, 5) is 4.56. The van der Waals surface area contributed by atoms with Crippen LogP contribution in [-0.2, 0) is 11.8 Å². The summed E-state index contributed by atoms with van der Waals surface area (Å²) in [6, 6.07) is 7.77. The number of nitrogens with zero attached hydrogens (tertiary/aromatic N) is 1. The Morgan fingerprint density at radius 1 is 1.35 bits per heavy atom. The summed E-state index contributed by atoms with van der Waals surface area (Å²) in [6.07, 6.45) is -0.0284. The zero-order chi connectivity index (χ0) is 14.8. The van der Waals surface area contributed by atoms with Crippen molar-refractivity contribution < 1.29 is 9.84 Å². The molecule has 0 spiro atoms. The van der Waals surface area contributed by atoms with Crippen molar-refractivity contribution in [1.82, 2.24) is 4.98 Å². The number of rotatable bonds is 4. The van der Waals surface area contributed by atoms with Crippen LogP contribution in [0.25, 0.3) is 0 Å². The number of hydrogen-bond acceptors (Lipinski definition) is 4. The standard InChI is InChI=1S/C16H21NO2S/c1-16(2,3)15-17-13(10-20-15)14(18)9-11-6-5-7-12(8-11)19-4/h5-8,10,14,18H,9H2,1-4H3. The van der Waals surface area contributed by atoms with E-state index >= 15 is 0 Å². The quantitative estimate of drug-likeness (QED) is 0.933. The van der Waals surface area contributed by atoms with E-state index in [2.05, 4.69) is 25.8 Å². The monoisotopic (exact) mass is 291 g/mol. The van der Waals surface area contributed by atoms with Gasteiger partial charge in [0.1, 0.15) is 11.9 Å². The number of ether oxygens (including phenoxy) is 1. The molecule has 1 N–H and O–H groups in total. The fourth-order valence-corrected chi connectivity index (χ4v) is 2.86. The van der Waals surface area contributed by atoms with Crippen molar-refractivity contribution in [2.75, 3.05) is 7.11 Å². The lowest BCUT2D eigenvalue weighted by molar-refractivity contribution is 0.174. The highest BCUT2D eigenvalue weighted by atomic mass is 32.1. The predicted octanol–water partition coefficient (Wildman–Crippen LogP) is 3.73. The van der Waals surface area contributed by atoms with Crippen molar-refractivity contribution in [1.29, 1.82) is 0 Å². The summed E-state index contributed by atoms with van der Waals surface area (Å²) >= 11 is 1.61. The molecule has 1 aromatic heterocycles. The Kier molecular flexibility index (Phi) is 4.45. The number of thiazole rings is 1. The van der Waals surface area contributed by atoms with Gasteiger partial charge in [-0.15, -0.1) is 11.3 Å². The van der Waals surface area contributed by atoms with Crippen LogP contribution in [0.15, 0.2) is 29.6 Å². The maximum atomic E-state index is 10.3. The largest absolute Gasteiger partial charge is 0.497 e. The van der Waals surface area contributed by atoms with Crippen LogP contribution in [0.4, 0.5) is 0 Å². The van der Waals surface area contributed by atoms with Gasteiger partial charge in [0.05, 0.1) is 17.8 Å². The maximum absolute atomic E-state index is 10.3. The molecule has 0 bridgehead atoms. The molecule has 2 rings (SSSR count). The molecular weight excluding hydrogens is 270 g/mol. The van der Waals surface area contributed by atoms with Gasteiger partial charge in [-0.2, -0.15) is 0 Å². The maximum Gasteiger partial charge on any atom is 0.119 e. The topological polar surface area (TPSA) is 42.4 Å². The van der Waals surface area contributed by atoms with Crippen molar-refractivity contribution in [2.45, 2.75) is 38.7 Å². The van der Waals surface area contributed by atoms with Crippen LogP contribution in [0.3, 0.4) is 0 Å². The van der Waals surface area contributed by atoms with Crippen molar-refractivity contribution in [2.24, 2.45) is 0 Å². The normalized spacial score (nSPS) is 13.2. The van der Waals surface area contributed by atoms with E-state index < -0.39 is 6.10 Å². The molecule has 0 saturated carbocycles. The lowest BCUT2D eigenvalue weighted by Crippen LogP contribution is -2.11. The SMILES string of the molecule is COc1cccc(CC(O)c2csc(C(C)(C)C)n2)c1. The lowest BCUT2D eigenvalue weighted by atomic mass is 9.98. The highest BCUT2D eigenvalue weighted by molar-refractivity contribution is 7.09. The van der Waals surface area contributed by atoms with Gasteiger partial charge < -0.3 is 9.84 Å². The van der Waals surface area contributed by atoms with Crippen LogP contribution >= 0.6 is 11.3 Å². The second kappa shape index (κ2) is 5.94. The number of hydrogen-bond donors (Lipinski definition) is 1.